The molecule has 3 atom stereocenters. The topological polar surface area (TPSA) is 105 Å². The molecule has 0 spiro atoms. The lowest BCUT2D eigenvalue weighted by molar-refractivity contribution is -0.166. The predicted molar refractivity (Wildman–Crippen MR) is 102 cm³/mol. The van der Waals surface area contributed by atoms with Gasteiger partial charge in [0.2, 0.25) is 0 Å². The predicted octanol–water partition coefficient (Wildman–Crippen LogP) is 2.13. The maximum absolute atomic E-state index is 11.7. The molecule has 0 saturated heterocycles. The summed E-state index contributed by atoms with van der Waals surface area (Å²) in [6.45, 7) is 3.78. The number of carbonyl (C=O) groups excluding carboxylic acids is 4. The van der Waals surface area contributed by atoms with Gasteiger partial charge in [-0.15, -0.1) is 0 Å². The van der Waals surface area contributed by atoms with Gasteiger partial charge in [-0.25, -0.2) is 0 Å². The van der Waals surface area contributed by atoms with Crippen molar-refractivity contribution in [2.75, 3.05) is 26.4 Å². The number of ether oxygens (including phenoxy) is 4. The van der Waals surface area contributed by atoms with Gasteiger partial charge in [-0.2, -0.15) is 0 Å². The molecule has 0 fully saturated rings. The second-order valence-corrected chi connectivity index (χ2v) is 9.70. The fraction of sp³-hybridized carbons (Fsp3) is 0.733. The Bertz CT molecular complexity index is 433. The van der Waals surface area contributed by atoms with E-state index >= 15 is 0 Å². The lowest BCUT2D eigenvalue weighted by Crippen LogP contribution is -2.44. The lowest BCUT2D eigenvalue weighted by atomic mass is 9.92. The van der Waals surface area contributed by atoms with Crippen molar-refractivity contribution in [1.29, 1.82) is 0 Å². The molecule has 26 heavy (non-hydrogen) atoms. The van der Waals surface area contributed by atoms with Crippen LogP contribution in [0.5, 0.6) is 0 Å². The molecular formula is C15H21Br3O8. The Balaban J connectivity index is 5.31. The standard InChI is InChI=1S/C15H21Br3O8/c1-9(16)12(20)24-5-15(4-23-8-19,6-25-13(21)10(2)17)7-26-14(22)11(3)18/h8-11H,4-7H2,1-3H3. The summed E-state index contributed by atoms with van der Waals surface area (Å²) in [6.07, 6.45) is 0. The summed E-state index contributed by atoms with van der Waals surface area (Å²) >= 11 is 9.23. The first-order valence-corrected chi connectivity index (χ1v) is 10.3. The van der Waals surface area contributed by atoms with E-state index in [0.29, 0.717) is 0 Å². The van der Waals surface area contributed by atoms with Crippen molar-refractivity contribution < 1.29 is 38.1 Å². The molecular weight excluding hydrogens is 548 g/mol. The highest BCUT2D eigenvalue weighted by Crippen LogP contribution is 2.23. The van der Waals surface area contributed by atoms with Crippen LogP contribution in [0.3, 0.4) is 0 Å². The van der Waals surface area contributed by atoms with E-state index in [1.807, 2.05) is 0 Å². The Morgan fingerprint density at radius 2 is 1.08 bits per heavy atom. The van der Waals surface area contributed by atoms with Crippen LogP contribution < -0.4 is 0 Å². The quantitative estimate of drug-likeness (QED) is 0.153. The molecule has 0 aromatic carbocycles. The molecule has 11 heteroatoms. The van der Waals surface area contributed by atoms with Gasteiger partial charge in [0.05, 0.1) is 0 Å². The average Bonchev–Trinajstić information content (AvgIpc) is 2.59. The van der Waals surface area contributed by atoms with Crippen LogP contribution in [0.4, 0.5) is 0 Å². The van der Waals surface area contributed by atoms with E-state index in [1.54, 1.807) is 20.8 Å². The molecule has 0 amide bonds. The summed E-state index contributed by atoms with van der Waals surface area (Å²) in [5.41, 5.74) is -1.24. The van der Waals surface area contributed by atoms with Gasteiger partial charge in [0.25, 0.3) is 6.47 Å². The Hall–Kier alpha value is -0.680. The average molecular weight is 569 g/mol. The van der Waals surface area contributed by atoms with Gasteiger partial charge < -0.3 is 18.9 Å². The van der Waals surface area contributed by atoms with E-state index in [0.717, 1.165) is 0 Å². The third-order valence-electron chi connectivity index (χ3n) is 2.99. The van der Waals surface area contributed by atoms with E-state index in [2.05, 4.69) is 47.8 Å². The fourth-order valence-corrected chi connectivity index (χ4v) is 1.87. The number of rotatable bonds is 12. The molecule has 3 unspecified atom stereocenters. The van der Waals surface area contributed by atoms with Gasteiger partial charge >= 0.3 is 17.9 Å². The van der Waals surface area contributed by atoms with Crippen LogP contribution in [0.25, 0.3) is 0 Å². The van der Waals surface area contributed by atoms with Crippen LogP contribution in [0.1, 0.15) is 20.8 Å². The SMILES string of the molecule is CC(Br)C(=O)OCC(COC=O)(COC(=O)C(C)Br)COC(=O)C(C)Br. The minimum Gasteiger partial charge on any atom is -0.467 e. The summed E-state index contributed by atoms with van der Waals surface area (Å²) in [7, 11) is 0. The van der Waals surface area contributed by atoms with E-state index < -0.39 is 37.8 Å². The van der Waals surface area contributed by atoms with Gasteiger partial charge in [-0.3, -0.25) is 19.2 Å². The van der Waals surface area contributed by atoms with Crippen molar-refractivity contribution in [3.63, 3.8) is 0 Å². The third-order valence-corrected chi connectivity index (χ3v) is 4.12. The smallest absolute Gasteiger partial charge is 0.319 e. The summed E-state index contributed by atoms with van der Waals surface area (Å²) in [5, 5.41) is 0. The zero-order valence-electron chi connectivity index (χ0n) is 14.5. The van der Waals surface area contributed by atoms with Crippen LogP contribution >= 0.6 is 47.8 Å². The molecule has 150 valence electrons. The summed E-state index contributed by atoms with van der Waals surface area (Å²) < 4.78 is 20.3. The molecule has 0 aliphatic heterocycles. The molecule has 0 rings (SSSR count). The number of alkyl halides is 3. The molecule has 0 heterocycles. The third kappa shape index (κ3) is 9.86. The highest BCUT2D eigenvalue weighted by molar-refractivity contribution is 9.10. The molecule has 0 aliphatic rings. The minimum absolute atomic E-state index is 0.202. The number of esters is 3. The number of hydrogen-bond acceptors (Lipinski definition) is 8. The second kappa shape index (κ2) is 12.7. The van der Waals surface area contributed by atoms with Crippen LogP contribution in [-0.2, 0) is 38.1 Å². The maximum Gasteiger partial charge on any atom is 0.319 e. The summed E-state index contributed by atoms with van der Waals surface area (Å²) in [4.78, 5) is 44.2. The van der Waals surface area contributed by atoms with Gasteiger partial charge in [-0.1, -0.05) is 47.8 Å². The fourth-order valence-electron chi connectivity index (χ4n) is 1.48. The molecule has 0 aromatic heterocycles. The van der Waals surface area contributed by atoms with Crippen LogP contribution in [0.2, 0.25) is 0 Å². The van der Waals surface area contributed by atoms with Crippen molar-refractivity contribution in [2.45, 2.75) is 35.3 Å². The molecule has 0 radical (unpaired) electrons. The van der Waals surface area contributed by atoms with E-state index in [1.165, 1.54) is 0 Å². The monoisotopic (exact) mass is 566 g/mol. The summed E-state index contributed by atoms with van der Waals surface area (Å²) in [6, 6.07) is 0. The van der Waals surface area contributed by atoms with Gasteiger partial charge in [-0.05, 0) is 20.8 Å². The van der Waals surface area contributed by atoms with E-state index in [9.17, 15) is 19.2 Å². The Morgan fingerprint density at radius 3 is 1.31 bits per heavy atom. The number of halogens is 3. The molecule has 8 nitrogen and oxygen atoms in total. The van der Waals surface area contributed by atoms with Crippen LogP contribution in [0.15, 0.2) is 0 Å². The highest BCUT2D eigenvalue weighted by atomic mass is 79.9. The Kier molecular flexibility index (Phi) is 12.3. The van der Waals surface area contributed by atoms with Crippen LogP contribution in [0, 0.1) is 5.41 Å². The van der Waals surface area contributed by atoms with Gasteiger partial charge in [0.1, 0.15) is 46.3 Å². The molecule has 0 bridgehead atoms. The second-order valence-electron chi connectivity index (χ2n) is 5.58. The van der Waals surface area contributed by atoms with Crippen molar-refractivity contribution >= 4 is 72.2 Å². The van der Waals surface area contributed by atoms with Crippen molar-refractivity contribution in [1.82, 2.24) is 0 Å². The maximum atomic E-state index is 11.7. The highest BCUT2D eigenvalue weighted by Gasteiger charge is 2.38. The number of hydrogen-bond donors (Lipinski definition) is 0. The Morgan fingerprint density at radius 1 is 0.769 bits per heavy atom. The van der Waals surface area contributed by atoms with Crippen molar-refractivity contribution in [3.05, 3.63) is 0 Å². The molecule has 0 aromatic rings. The Labute approximate surface area is 177 Å². The lowest BCUT2D eigenvalue weighted by Gasteiger charge is -2.31. The van der Waals surface area contributed by atoms with E-state index in [-0.39, 0.29) is 32.9 Å². The zero-order valence-corrected chi connectivity index (χ0v) is 19.3. The summed E-state index contributed by atoms with van der Waals surface area (Å²) in [5.74, 6) is -1.71. The molecule has 0 N–H and O–H groups in total. The normalized spacial score (nSPS) is 16.4. The molecule has 0 aliphatic carbocycles. The van der Waals surface area contributed by atoms with Crippen molar-refractivity contribution in [3.8, 4) is 0 Å². The van der Waals surface area contributed by atoms with Gasteiger partial charge in [0.15, 0.2) is 0 Å². The minimum atomic E-state index is -1.24. The zero-order chi connectivity index (χ0) is 20.3. The van der Waals surface area contributed by atoms with Crippen LogP contribution in [-0.4, -0.2) is 65.3 Å². The number of carbonyl (C=O) groups is 4. The molecule has 0 saturated carbocycles. The van der Waals surface area contributed by atoms with Gasteiger partial charge in [0, 0.05) is 0 Å². The first-order valence-electron chi connectivity index (χ1n) is 7.52. The first kappa shape index (κ1) is 25.3. The first-order chi connectivity index (χ1) is 12.0. The van der Waals surface area contributed by atoms with E-state index in [4.69, 9.17) is 18.9 Å². The largest absolute Gasteiger partial charge is 0.467 e. The van der Waals surface area contributed by atoms with Crippen molar-refractivity contribution in [2.24, 2.45) is 5.41 Å².